The largest absolute Gasteiger partial charge is 0.466 e. The van der Waals surface area contributed by atoms with Gasteiger partial charge in [-0.1, -0.05) is 84.5 Å². The van der Waals surface area contributed by atoms with Gasteiger partial charge in [0.25, 0.3) is 0 Å². The van der Waals surface area contributed by atoms with Crippen LogP contribution in [0, 0.1) is 0 Å². The molecule has 0 bridgehead atoms. The first kappa shape index (κ1) is 26.4. The molecule has 3 heteroatoms. The van der Waals surface area contributed by atoms with Crippen molar-refractivity contribution in [1.29, 1.82) is 0 Å². The van der Waals surface area contributed by atoms with Crippen molar-refractivity contribution in [2.24, 2.45) is 0 Å². The number of nitrogens with zero attached hydrogens (tertiary/aromatic N) is 1. The molecule has 3 nitrogen and oxygen atoms in total. The molecule has 0 aliphatic rings. The normalized spacial score (nSPS) is 11.3. The summed E-state index contributed by atoms with van der Waals surface area (Å²) in [6.45, 7) is 10.7. The Morgan fingerprint density at radius 3 is 1.44 bits per heavy atom. The number of hydrogen-bond donors (Lipinski definition) is 0. The highest BCUT2D eigenvalue weighted by Gasteiger charge is 2.06. The van der Waals surface area contributed by atoms with Gasteiger partial charge in [0, 0.05) is 6.42 Å². The van der Waals surface area contributed by atoms with E-state index in [-0.39, 0.29) is 5.97 Å². The summed E-state index contributed by atoms with van der Waals surface area (Å²) in [5.74, 6) is -0.0338. The maximum atomic E-state index is 11.4. The van der Waals surface area contributed by atoms with Crippen molar-refractivity contribution >= 4 is 5.97 Å². The van der Waals surface area contributed by atoms with Crippen molar-refractivity contribution < 1.29 is 9.53 Å². The summed E-state index contributed by atoms with van der Waals surface area (Å²) < 4.78 is 5.01. The van der Waals surface area contributed by atoms with Crippen LogP contribution in [0.25, 0.3) is 0 Å². The first-order valence-corrected chi connectivity index (χ1v) is 12.1. The number of carbonyl (C=O) groups excluding carboxylic acids is 1. The SMILES string of the molecule is CCCCCCCCN(CCCCCCCC)CCCCCC(=O)OCC. The Morgan fingerprint density at radius 1 is 0.593 bits per heavy atom. The molecular weight excluding hydrogens is 334 g/mol. The van der Waals surface area contributed by atoms with E-state index in [4.69, 9.17) is 4.74 Å². The third-order valence-corrected chi connectivity index (χ3v) is 5.32. The Bertz CT molecular complexity index is 291. The Morgan fingerprint density at radius 2 is 1.00 bits per heavy atom. The first-order valence-electron chi connectivity index (χ1n) is 12.1. The zero-order valence-electron chi connectivity index (χ0n) is 18.9. The van der Waals surface area contributed by atoms with Crippen LogP contribution in [-0.4, -0.2) is 37.1 Å². The van der Waals surface area contributed by atoms with Gasteiger partial charge >= 0.3 is 5.97 Å². The summed E-state index contributed by atoms with van der Waals surface area (Å²) >= 11 is 0. The lowest BCUT2D eigenvalue weighted by Crippen LogP contribution is -2.27. The van der Waals surface area contributed by atoms with Gasteiger partial charge in [0.15, 0.2) is 0 Å². The fraction of sp³-hybridized carbons (Fsp3) is 0.958. The lowest BCUT2D eigenvalue weighted by Gasteiger charge is -2.22. The lowest BCUT2D eigenvalue weighted by molar-refractivity contribution is -0.143. The van der Waals surface area contributed by atoms with E-state index in [1.165, 1.54) is 103 Å². The van der Waals surface area contributed by atoms with Gasteiger partial charge in [0.2, 0.25) is 0 Å². The van der Waals surface area contributed by atoms with Gasteiger partial charge in [-0.2, -0.15) is 0 Å². The van der Waals surface area contributed by atoms with Crippen LogP contribution in [0.3, 0.4) is 0 Å². The Labute approximate surface area is 170 Å². The highest BCUT2D eigenvalue weighted by atomic mass is 16.5. The lowest BCUT2D eigenvalue weighted by atomic mass is 10.1. The van der Waals surface area contributed by atoms with Crippen LogP contribution < -0.4 is 0 Å². The second-order valence-electron chi connectivity index (χ2n) is 7.99. The van der Waals surface area contributed by atoms with Gasteiger partial charge < -0.3 is 9.64 Å². The molecule has 0 radical (unpaired) electrons. The van der Waals surface area contributed by atoms with E-state index >= 15 is 0 Å². The van der Waals surface area contributed by atoms with Crippen molar-refractivity contribution in [3.05, 3.63) is 0 Å². The fourth-order valence-electron chi connectivity index (χ4n) is 3.58. The number of unbranched alkanes of at least 4 members (excludes halogenated alkanes) is 12. The number of carbonyl (C=O) groups is 1. The zero-order valence-corrected chi connectivity index (χ0v) is 18.9. The molecule has 0 spiro atoms. The van der Waals surface area contributed by atoms with Gasteiger partial charge in [-0.15, -0.1) is 0 Å². The molecule has 0 saturated carbocycles. The smallest absolute Gasteiger partial charge is 0.305 e. The molecular formula is C24H49NO2. The fourth-order valence-corrected chi connectivity index (χ4v) is 3.58. The minimum Gasteiger partial charge on any atom is -0.466 e. The quantitative estimate of drug-likeness (QED) is 0.156. The van der Waals surface area contributed by atoms with Crippen LogP contribution in [0.15, 0.2) is 0 Å². The molecule has 0 unspecified atom stereocenters. The molecule has 162 valence electrons. The van der Waals surface area contributed by atoms with E-state index in [1.54, 1.807) is 0 Å². The average molecular weight is 384 g/mol. The van der Waals surface area contributed by atoms with Crippen LogP contribution in [0.2, 0.25) is 0 Å². The van der Waals surface area contributed by atoms with Crippen LogP contribution in [0.4, 0.5) is 0 Å². The molecule has 0 aromatic carbocycles. The third-order valence-electron chi connectivity index (χ3n) is 5.32. The van der Waals surface area contributed by atoms with E-state index in [9.17, 15) is 4.79 Å². The predicted octanol–water partition coefficient (Wildman–Crippen LogP) is 7.13. The maximum Gasteiger partial charge on any atom is 0.305 e. The van der Waals surface area contributed by atoms with Gasteiger partial charge in [-0.05, 0) is 52.2 Å². The highest BCUT2D eigenvalue weighted by molar-refractivity contribution is 5.69. The van der Waals surface area contributed by atoms with Crippen molar-refractivity contribution in [3.8, 4) is 0 Å². The molecule has 0 fully saturated rings. The Kier molecular flexibility index (Phi) is 21.3. The van der Waals surface area contributed by atoms with Crippen molar-refractivity contribution in [1.82, 2.24) is 4.90 Å². The molecule has 0 aromatic rings. The van der Waals surface area contributed by atoms with Crippen molar-refractivity contribution in [3.63, 3.8) is 0 Å². The standard InChI is InChI=1S/C24H49NO2/c1-4-7-9-11-13-17-21-25(22-18-14-12-10-8-5-2)23-19-15-16-20-24(26)27-6-3/h4-23H2,1-3H3. The highest BCUT2D eigenvalue weighted by Crippen LogP contribution is 2.10. The van der Waals surface area contributed by atoms with E-state index in [2.05, 4.69) is 18.7 Å². The average Bonchev–Trinajstić information content (AvgIpc) is 2.66. The summed E-state index contributed by atoms with van der Waals surface area (Å²) in [6, 6.07) is 0. The summed E-state index contributed by atoms with van der Waals surface area (Å²) in [5, 5.41) is 0. The summed E-state index contributed by atoms with van der Waals surface area (Å²) in [6.07, 6.45) is 20.4. The van der Waals surface area contributed by atoms with Gasteiger partial charge in [-0.25, -0.2) is 0 Å². The van der Waals surface area contributed by atoms with Crippen LogP contribution in [0.1, 0.15) is 124 Å². The van der Waals surface area contributed by atoms with Crippen molar-refractivity contribution in [2.75, 3.05) is 26.2 Å². The number of rotatable bonds is 21. The molecule has 0 heterocycles. The minimum absolute atomic E-state index is 0.0338. The molecule has 0 N–H and O–H groups in total. The van der Waals surface area contributed by atoms with Gasteiger partial charge in [0.1, 0.15) is 0 Å². The second kappa shape index (κ2) is 21.7. The summed E-state index contributed by atoms with van der Waals surface area (Å²) in [5.41, 5.74) is 0. The molecule has 0 aromatic heterocycles. The Hall–Kier alpha value is -0.570. The molecule has 0 atom stereocenters. The van der Waals surface area contributed by atoms with Crippen LogP contribution >= 0.6 is 0 Å². The van der Waals surface area contributed by atoms with E-state index in [1.807, 2.05) is 6.92 Å². The summed E-state index contributed by atoms with van der Waals surface area (Å²) in [7, 11) is 0. The number of esters is 1. The first-order chi connectivity index (χ1) is 13.2. The van der Waals surface area contributed by atoms with E-state index in [0.717, 1.165) is 12.8 Å². The van der Waals surface area contributed by atoms with E-state index < -0.39 is 0 Å². The molecule has 0 aliphatic heterocycles. The van der Waals surface area contributed by atoms with E-state index in [0.29, 0.717) is 13.0 Å². The molecule has 0 aliphatic carbocycles. The van der Waals surface area contributed by atoms with Crippen LogP contribution in [-0.2, 0) is 9.53 Å². The molecule has 0 saturated heterocycles. The maximum absolute atomic E-state index is 11.4. The minimum atomic E-state index is -0.0338. The van der Waals surface area contributed by atoms with Crippen molar-refractivity contribution in [2.45, 2.75) is 124 Å². The molecule has 0 rings (SSSR count). The monoisotopic (exact) mass is 383 g/mol. The second-order valence-corrected chi connectivity index (χ2v) is 7.99. The van der Waals surface area contributed by atoms with Crippen LogP contribution in [0.5, 0.6) is 0 Å². The summed E-state index contributed by atoms with van der Waals surface area (Å²) in [4.78, 5) is 14.1. The molecule has 0 amide bonds. The van der Waals surface area contributed by atoms with Gasteiger partial charge in [-0.3, -0.25) is 4.79 Å². The predicted molar refractivity (Wildman–Crippen MR) is 118 cm³/mol. The molecule has 27 heavy (non-hydrogen) atoms. The zero-order chi connectivity index (χ0) is 20.0. The number of ether oxygens (including phenoxy) is 1. The topological polar surface area (TPSA) is 29.5 Å². The Balaban J connectivity index is 3.87. The third kappa shape index (κ3) is 20.0. The number of hydrogen-bond acceptors (Lipinski definition) is 3. The van der Waals surface area contributed by atoms with Gasteiger partial charge in [0.05, 0.1) is 6.61 Å².